The van der Waals surface area contributed by atoms with Crippen molar-refractivity contribution in [2.45, 2.75) is 56.9 Å². The number of benzene rings is 1. The predicted octanol–water partition coefficient (Wildman–Crippen LogP) is 5.86. The van der Waals surface area contributed by atoms with Gasteiger partial charge in [0.15, 0.2) is 11.7 Å². The van der Waals surface area contributed by atoms with Crippen molar-refractivity contribution in [3.8, 4) is 0 Å². The van der Waals surface area contributed by atoms with E-state index in [2.05, 4.69) is 10.4 Å². The standard InChI is InChI=1S/C20H21Cl2F3N4O/c1-11-4-2-3-7-28(11)19(30)16-10-18-26-15(12-5-6-13(21)14(22)8-12)9-17(20(23,24)25)29(18)27-16/h5-6,8,10-11,15,17,26H,2-4,7,9H2,1H3/t11-,15+,17-/m0/s1. The fourth-order valence-corrected chi connectivity index (χ4v) is 4.48. The van der Waals surface area contributed by atoms with Crippen LogP contribution in [0.25, 0.3) is 0 Å². The second-order valence-electron chi connectivity index (χ2n) is 7.87. The number of aromatic nitrogens is 2. The largest absolute Gasteiger partial charge is 0.410 e. The minimum Gasteiger partial charge on any atom is -0.363 e. The smallest absolute Gasteiger partial charge is 0.363 e. The molecule has 10 heteroatoms. The highest BCUT2D eigenvalue weighted by Gasteiger charge is 2.47. The summed E-state index contributed by atoms with van der Waals surface area (Å²) in [5.41, 5.74) is 0.610. The minimum atomic E-state index is -4.52. The van der Waals surface area contributed by atoms with Gasteiger partial charge in [-0.1, -0.05) is 29.3 Å². The van der Waals surface area contributed by atoms with E-state index >= 15 is 0 Å². The summed E-state index contributed by atoms with van der Waals surface area (Å²) in [5, 5.41) is 7.75. The van der Waals surface area contributed by atoms with Crippen molar-refractivity contribution in [3.05, 3.63) is 45.6 Å². The maximum atomic E-state index is 13.8. The van der Waals surface area contributed by atoms with Crippen molar-refractivity contribution in [1.82, 2.24) is 14.7 Å². The van der Waals surface area contributed by atoms with Crippen LogP contribution in [0.5, 0.6) is 0 Å². The summed E-state index contributed by atoms with van der Waals surface area (Å²) in [4.78, 5) is 14.6. The van der Waals surface area contributed by atoms with Gasteiger partial charge in [-0.05, 0) is 43.9 Å². The lowest BCUT2D eigenvalue weighted by Crippen LogP contribution is -2.42. The van der Waals surface area contributed by atoms with E-state index < -0.39 is 18.3 Å². The molecule has 1 saturated heterocycles. The van der Waals surface area contributed by atoms with Gasteiger partial charge in [0.1, 0.15) is 5.82 Å². The van der Waals surface area contributed by atoms with Gasteiger partial charge in [0, 0.05) is 25.1 Å². The van der Waals surface area contributed by atoms with Gasteiger partial charge in [-0.3, -0.25) is 4.79 Å². The zero-order valence-electron chi connectivity index (χ0n) is 16.2. The Morgan fingerprint density at radius 2 is 1.97 bits per heavy atom. The van der Waals surface area contributed by atoms with Crippen molar-refractivity contribution >= 4 is 34.9 Å². The molecule has 2 aromatic rings. The Morgan fingerprint density at radius 1 is 1.20 bits per heavy atom. The summed E-state index contributed by atoms with van der Waals surface area (Å²) in [6.45, 7) is 2.54. The van der Waals surface area contributed by atoms with Crippen LogP contribution in [0.3, 0.4) is 0 Å². The number of hydrogen-bond donors (Lipinski definition) is 1. The third kappa shape index (κ3) is 3.99. The van der Waals surface area contributed by atoms with E-state index in [4.69, 9.17) is 23.2 Å². The van der Waals surface area contributed by atoms with Crippen LogP contribution in [-0.4, -0.2) is 39.4 Å². The van der Waals surface area contributed by atoms with Gasteiger partial charge < -0.3 is 10.2 Å². The molecule has 0 unspecified atom stereocenters. The van der Waals surface area contributed by atoms with Gasteiger partial charge >= 0.3 is 6.18 Å². The lowest BCUT2D eigenvalue weighted by molar-refractivity contribution is -0.173. The number of alkyl halides is 3. The molecule has 0 saturated carbocycles. The number of carbonyl (C=O) groups is 1. The number of piperidine rings is 1. The van der Waals surface area contributed by atoms with Gasteiger partial charge in [0.2, 0.25) is 0 Å². The van der Waals surface area contributed by atoms with Crippen LogP contribution in [0, 0.1) is 0 Å². The fourth-order valence-electron chi connectivity index (χ4n) is 4.17. The molecule has 3 atom stereocenters. The lowest BCUT2D eigenvalue weighted by atomic mass is 9.97. The Hall–Kier alpha value is -1.93. The molecule has 3 heterocycles. The van der Waals surface area contributed by atoms with Crippen molar-refractivity contribution in [1.29, 1.82) is 0 Å². The highest BCUT2D eigenvalue weighted by Crippen LogP contribution is 2.44. The molecule has 0 bridgehead atoms. The summed E-state index contributed by atoms with van der Waals surface area (Å²) in [6.07, 6.45) is -2.00. The van der Waals surface area contributed by atoms with Crippen LogP contribution in [0.2, 0.25) is 10.0 Å². The number of fused-ring (bicyclic) bond motifs is 1. The second-order valence-corrected chi connectivity index (χ2v) is 8.68. The monoisotopic (exact) mass is 460 g/mol. The van der Waals surface area contributed by atoms with E-state index in [1.54, 1.807) is 23.1 Å². The normalized spacial score (nSPS) is 24.3. The van der Waals surface area contributed by atoms with Crippen molar-refractivity contribution < 1.29 is 18.0 Å². The van der Waals surface area contributed by atoms with Crippen LogP contribution in [0.15, 0.2) is 24.3 Å². The van der Waals surface area contributed by atoms with Crippen molar-refractivity contribution in [2.75, 3.05) is 11.9 Å². The van der Waals surface area contributed by atoms with Gasteiger partial charge in [-0.25, -0.2) is 4.68 Å². The summed E-state index contributed by atoms with van der Waals surface area (Å²) in [5.74, 6) is -0.175. The first-order valence-corrected chi connectivity index (χ1v) is 10.6. The quantitative estimate of drug-likeness (QED) is 0.609. The third-order valence-corrected chi connectivity index (χ3v) is 6.56. The molecule has 0 radical (unpaired) electrons. The van der Waals surface area contributed by atoms with Crippen LogP contribution in [-0.2, 0) is 0 Å². The Bertz CT molecular complexity index is 962. The molecular weight excluding hydrogens is 440 g/mol. The van der Waals surface area contributed by atoms with E-state index in [-0.39, 0.29) is 34.9 Å². The molecule has 1 fully saturated rings. The highest BCUT2D eigenvalue weighted by atomic mass is 35.5. The molecule has 2 aliphatic rings. The Balaban J connectivity index is 1.68. The van der Waals surface area contributed by atoms with Gasteiger partial charge in [-0.15, -0.1) is 0 Å². The molecule has 1 aromatic heterocycles. The average Bonchev–Trinajstić information content (AvgIpc) is 3.12. The third-order valence-electron chi connectivity index (χ3n) is 5.82. The maximum Gasteiger partial charge on any atom is 0.410 e. The number of nitrogens with zero attached hydrogens (tertiary/aromatic N) is 3. The van der Waals surface area contributed by atoms with Crippen molar-refractivity contribution in [3.63, 3.8) is 0 Å². The average molecular weight is 461 g/mol. The topological polar surface area (TPSA) is 50.2 Å². The van der Waals surface area contributed by atoms with E-state index in [0.717, 1.165) is 23.9 Å². The van der Waals surface area contributed by atoms with Gasteiger partial charge in [0.25, 0.3) is 5.91 Å². The highest BCUT2D eigenvalue weighted by molar-refractivity contribution is 6.42. The van der Waals surface area contributed by atoms with Crippen LogP contribution >= 0.6 is 23.2 Å². The molecule has 0 spiro atoms. The Kier molecular flexibility index (Phi) is 5.66. The number of nitrogens with one attached hydrogen (secondary N) is 1. The van der Waals surface area contributed by atoms with E-state index in [1.165, 1.54) is 6.07 Å². The second kappa shape index (κ2) is 7.96. The number of hydrogen-bond acceptors (Lipinski definition) is 3. The van der Waals surface area contributed by atoms with Crippen LogP contribution in [0.1, 0.15) is 60.7 Å². The zero-order valence-corrected chi connectivity index (χ0v) is 17.7. The Morgan fingerprint density at radius 3 is 2.63 bits per heavy atom. The number of amides is 1. The summed E-state index contributed by atoms with van der Waals surface area (Å²) in [6, 6.07) is 3.71. The van der Waals surface area contributed by atoms with Crippen molar-refractivity contribution in [2.24, 2.45) is 0 Å². The lowest BCUT2D eigenvalue weighted by Gasteiger charge is -2.33. The number of rotatable bonds is 2. The summed E-state index contributed by atoms with van der Waals surface area (Å²) in [7, 11) is 0. The fraction of sp³-hybridized carbons (Fsp3) is 0.500. The number of anilines is 1. The van der Waals surface area contributed by atoms with Crippen LogP contribution in [0.4, 0.5) is 19.0 Å². The predicted molar refractivity (Wildman–Crippen MR) is 109 cm³/mol. The first-order valence-electron chi connectivity index (χ1n) is 9.84. The summed E-state index contributed by atoms with van der Waals surface area (Å²) < 4.78 is 42.4. The SMILES string of the molecule is C[C@H]1CCCCN1C(=O)c1cc2n(n1)[C@H](C(F)(F)F)C[C@H](c1ccc(Cl)c(Cl)c1)N2. The Labute approximate surface area is 182 Å². The van der Waals surface area contributed by atoms with Crippen LogP contribution < -0.4 is 5.32 Å². The zero-order chi connectivity index (χ0) is 21.6. The number of likely N-dealkylation sites (tertiary alicyclic amines) is 1. The number of carbonyl (C=O) groups excluding carboxylic acids is 1. The molecule has 30 heavy (non-hydrogen) atoms. The summed E-state index contributed by atoms with van der Waals surface area (Å²) >= 11 is 12.0. The molecule has 162 valence electrons. The maximum absolute atomic E-state index is 13.8. The minimum absolute atomic E-state index is 0.0234. The molecular formula is C20H21Cl2F3N4O. The van der Waals surface area contributed by atoms with E-state index in [1.807, 2.05) is 6.92 Å². The first kappa shape index (κ1) is 21.3. The molecule has 5 nitrogen and oxygen atoms in total. The molecule has 1 amide bonds. The first-order chi connectivity index (χ1) is 14.1. The molecule has 4 rings (SSSR count). The molecule has 1 N–H and O–H groups in total. The van der Waals surface area contributed by atoms with E-state index in [9.17, 15) is 18.0 Å². The van der Waals surface area contributed by atoms with Gasteiger partial charge in [-0.2, -0.15) is 18.3 Å². The number of halogens is 5. The van der Waals surface area contributed by atoms with Gasteiger partial charge in [0.05, 0.1) is 16.1 Å². The van der Waals surface area contributed by atoms with E-state index in [0.29, 0.717) is 17.1 Å². The molecule has 0 aliphatic carbocycles. The molecule has 1 aromatic carbocycles. The molecule has 2 aliphatic heterocycles.